The fourth-order valence-corrected chi connectivity index (χ4v) is 3.35. The Morgan fingerprint density at radius 2 is 1.23 bits per heavy atom. The topological polar surface area (TPSA) is 50.8 Å². The third-order valence-electron chi connectivity index (χ3n) is 5.32. The molecule has 0 heterocycles. The fraction of sp³-hybridized carbons (Fsp3) is 0.357. The second kappa shape index (κ2) is 9.67. The minimum absolute atomic E-state index is 0.0699. The first-order chi connectivity index (χ1) is 14.5. The zero-order chi connectivity index (χ0) is 23.2. The van der Waals surface area contributed by atoms with Crippen LogP contribution in [-0.4, -0.2) is 0 Å². The number of benzene rings is 2. The number of nitrogens with zero attached hydrogens (tertiary/aromatic N) is 3. The lowest BCUT2D eigenvalue weighted by atomic mass is 9.86. The van der Waals surface area contributed by atoms with Crippen LogP contribution in [0.3, 0.4) is 0 Å². The maximum atomic E-state index is 9.77. The minimum atomic E-state index is 0.0699. The van der Waals surface area contributed by atoms with Crippen molar-refractivity contribution in [1.29, 1.82) is 10.5 Å². The highest BCUT2D eigenvalue weighted by Gasteiger charge is 2.19. The van der Waals surface area contributed by atoms with Gasteiger partial charge in [-0.3, -0.25) is 0 Å². The molecule has 0 aromatic heterocycles. The zero-order valence-corrected chi connectivity index (χ0v) is 19.8. The zero-order valence-electron chi connectivity index (χ0n) is 19.8. The van der Waals surface area contributed by atoms with Gasteiger partial charge in [-0.15, -0.1) is 0 Å². The standard InChI is InChI=1S/C28H33N3/c1-21(22(20-30)10-8-9-19-29)31(25-15-11-23(12-16-25)27(2,3)4)26-17-13-24(14-18-26)28(5,6)7/h8,10-18H,9H2,1-7H3/b10-8-,22-21-. The van der Waals surface area contributed by atoms with E-state index in [0.29, 0.717) is 5.57 Å². The van der Waals surface area contributed by atoms with E-state index in [0.717, 1.165) is 17.1 Å². The van der Waals surface area contributed by atoms with Gasteiger partial charge in [0.2, 0.25) is 0 Å². The van der Waals surface area contributed by atoms with E-state index in [1.165, 1.54) is 11.1 Å². The number of nitriles is 2. The first-order valence-electron chi connectivity index (χ1n) is 10.6. The molecule has 31 heavy (non-hydrogen) atoms. The highest BCUT2D eigenvalue weighted by Crippen LogP contribution is 2.34. The summed E-state index contributed by atoms with van der Waals surface area (Å²) in [6.45, 7) is 15.1. The summed E-state index contributed by atoms with van der Waals surface area (Å²) < 4.78 is 0. The van der Waals surface area contributed by atoms with E-state index in [9.17, 15) is 5.26 Å². The van der Waals surface area contributed by atoms with Crippen LogP contribution in [0.4, 0.5) is 11.4 Å². The molecule has 0 fully saturated rings. The van der Waals surface area contributed by atoms with E-state index in [1.807, 2.05) is 6.92 Å². The van der Waals surface area contributed by atoms with Gasteiger partial charge >= 0.3 is 0 Å². The van der Waals surface area contributed by atoms with Gasteiger partial charge in [0.25, 0.3) is 0 Å². The molecule has 0 amide bonds. The molecule has 160 valence electrons. The van der Waals surface area contributed by atoms with E-state index < -0.39 is 0 Å². The Balaban J connectivity index is 2.62. The molecule has 3 nitrogen and oxygen atoms in total. The van der Waals surface area contributed by atoms with Crippen molar-refractivity contribution in [3.8, 4) is 12.1 Å². The Morgan fingerprint density at radius 1 is 0.806 bits per heavy atom. The first-order valence-corrected chi connectivity index (χ1v) is 10.6. The summed E-state index contributed by atoms with van der Waals surface area (Å²) in [5.41, 5.74) is 6.01. The first kappa shape index (κ1) is 24.0. The van der Waals surface area contributed by atoms with Crippen LogP contribution in [0.1, 0.15) is 66.0 Å². The van der Waals surface area contributed by atoms with Gasteiger partial charge < -0.3 is 4.90 Å². The fourth-order valence-electron chi connectivity index (χ4n) is 3.35. The highest BCUT2D eigenvalue weighted by molar-refractivity contribution is 5.70. The second-order valence-corrected chi connectivity index (χ2v) is 9.80. The Labute approximate surface area is 187 Å². The summed E-state index contributed by atoms with van der Waals surface area (Å²) in [6, 6.07) is 21.4. The minimum Gasteiger partial charge on any atom is -0.313 e. The summed E-state index contributed by atoms with van der Waals surface area (Å²) in [6.07, 6.45) is 3.74. The smallest absolute Gasteiger partial charge is 0.101 e. The Kier molecular flexibility index (Phi) is 7.48. The van der Waals surface area contributed by atoms with Gasteiger partial charge in [-0.25, -0.2) is 0 Å². The maximum Gasteiger partial charge on any atom is 0.101 e. The van der Waals surface area contributed by atoms with Gasteiger partial charge in [0.05, 0.1) is 18.1 Å². The van der Waals surface area contributed by atoms with Crippen LogP contribution in [0, 0.1) is 22.7 Å². The Bertz CT molecular complexity index is 969. The van der Waals surface area contributed by atoms with Gasteiger partial charge in [-0.1, -0.05) is 71.9 Å². The normalized spacial score (nSPS) is 12.8. The third-order valence-corrected chi connectivity index (χ3v) is 5.32. The molecule has 0 spiro atoms. The van der Waals surface area contributed by atoms with Crippen molar-refractivity contribution < 1.29 is 0 Å². The van der Waals surface area contributed by atoms with Crippen LogP contribution in [0.2, 0.25) is 0 Å². The summed E-state index contributed by atoms with van der Waals surface area (Å²) in [4.78, 5) is 2.11. The quantitative estimate of drug-likeness (QED) is 0.374. The lowest BCUT2D eigenvalue weighted by Gasteiger charge is -2.29. The van der Waals surface area contributed by atoms with Gasteiger partial charge in [-0.05, 0) is 59.2 Å². The van der Waals surface area contributed by atoms with Gasteiger partial charge in [-0.2, -0.15) is 10.5 Å². The number of rotatable bonds is 5. The van der Waals surface area contributed by atoms with Crippen molar-refractivity contribution in [3.05, 3.63) is 83.1 Å². The number of hydrogen-bond acceptors (Lipinski definition) is 3. The van der Waals surface area contributed by atoms with Gasteiger partial charge in [0, 0.05) is 17.1 Å². The van der Waals surface area contributed by atoms with Crippen molar-refractivity contribution in [2.45, 2.75) is 65.7 Å². The number of allylic oxidation sites excluding steroid dienone is 4. The molecular weight excluding hydrogens is 378 g/mol. The Morgan fingerprint density at radius 3 is 1.55 bits per heavy atom. The van der Waals surface area contributed by atoms with E-state index in [1.54, 1.807) is 12.2 Å². The van der Waals surface area contributed by atoms with Gasteiger partial charge in [0.15, 0.2) is 0 Å². The average Bonchev–Trinajstić information content (AvgIpc) is 2.71. The molecule has 0 saturated carbocycles. The van der Waals surface area contributed by atoms with Crippen LogP contribution < -0.4 is 4.90 Å². The molecule has 0 aliphatic rings. The summed E-state index contributed by atoms with van der Waals surface area (Å²) >= 11 is 0. The predicted octanol–water partition coefficient (Wildman–Crippen LogP) is 7.69. The van der Waals surface area contributed by atoms with Crippen LogP contribution in [0.15, 0.2) is 72.0 Å². The van der Waals surface area contributed by atoms with Crippen molar-refractivity contribution in [2.75, 3.05) is 4.90 Å². The second-order valence-electron chi connectivity index (χ2n) is 9.80. The molecule has 3 heteroatoms. The SMILES string of the molecule is C/C(=C(C#N)\C=C/CC#N)N(c1ccc(C(C)(C)C)cc1)c1ccc(C(C)(C)C)cc1. The van der Waals surface area contributed by atoms with Crippen molar-refractivity contribution in [3.63, 3.8) is 0 Å². The molecule has 0 bridgehead atoms. The van der Waals surface area contributed by atoms with Crippen LogP contribution >= 0.6 is 0 Å². The largest absolute Gasteiger partial charge is 0.313 e. The number of hydrogen-bond donors (Lipinski definition) is 0. The van der Waals surface area contributed by atoms with Crippen molar-refractivity contribution in [2.24, 2.45) is 0 Å². The molecule has 0 radical (unpaired) electrons. The average molecular weight is 412 g/mol. The van der Waals surface area contributed by atoms with E-state index in [2.05, 4.69) is 107 Å². The monoisotopic (exact) mass is 411 g/mol. The summed E-state index contributed by atoms with van der Waals surface area (Å²) in [5, 5.41) is 18.6. The third kappa shape index (κ3) is 6.09. The van der Waals surface area contributed by atoms with Crippen LogP contribution in [0.5, 0.6) is 0 Å². The van der Waals surface area contributed by atoms with Gasteiger partial charge in [0.1, 0.15) is 6.07 Å². The van der Waals surface area contributed by atoms with Crippen LogP contribution in [-0.2, 0) is 10.8 Å². The van der Waals surface area contributed by atoms with E-state index >= 15 is 0 Å². The molecule has 0 unspecified atom stereocenters. The van der Waals surface area contributed by atoms with Crippen molar-refractivity contribution in [1.82, 2.24) is 0 Å². The molecule has 2 aromatic carbocycles. The maximum absolute atomic E-state index is 9.77. The molecule has 0 aliphatic carbocycles. The summed E-state index contributed by atoms with van der Waals surface area (Å²) in [5.74, 6) is 0. The molecule has 2 rings (SSSR count). The Hall–Kier alpha value is -3.30. The van der Waals surface area contributed by atoms with E-state index in [4.69, 9.17) is 5.26 Å². The molecule has 0 N–H and O–H groups in total. The van der Waals surface area contributed by atoms with Crippen LogP contribution in [0.25, 0.3) is 0 Å². The lowest BCUT2D eigenvalue weighted by molar-refractivity contribution is 0.590. The number of anilines is 2. The predicted molar refractivity (Wildman–Crippen MR) is 130 cm³/mol. The molecule has 0 aliphatic heterocycles. The highest BCUT2D eigenvalue weighted by atomic mass is 15.1. The molecular formula is C28H33N3. The van der Waals surface area contributed by atoms with Crippen molar-refractivity contribution >= 4 is 11.4 Å². The molecule has 0 saturated heterocycles. The summed E-state index contributed by atoms with van der Waals surface area (Å²) in [7, 11) is 0. The van der Waals surface area contributed by atoms with E-state index in [-0.39, 0.29) is 17.3 Å². The molecule has 2 aromatic rings. The molecule has 0 atom stereocenters. The lowest BCUT2D eigenvalue weighted by Crippen LogP contribution is -2.18.